The molecule has 136 valence electrons. The number of anilines is 1. The van der Waals surface area contributed by atoms with Crippen LogP contribution >= 0.6 is 0 Å². The molecule has 0 saturated carbocycles. The van der Waals surface area contributed by atoms with Crippen LogP contribution in [-0.2, 0) is 10.2 Å². The molecule has 0 aromatic heterocycles. The number of nitrogens with zero attached hydrogens (tertiary/aromatic N) is 1. The molecule has 2 aromatic rings. The molecule has 3 heteroatoms. The number of aliphatic carboxylic acids is 1. The fraction of sp³-hybridized carbons (Fsp3) is 0.348. The SMILES string of the molecule is CC(C)N1CCC(C)(C)c2cc(-c3ccc(/C=C/C(=O)O)cc3)ccc21. The molecule has 3 rings (SSSR count). The quantitative estimate of drug-likeness (QED) is 0.757. The molecule has 0 aliphatic carbocycles. The van der Waals surface area contributed by atoms with E-state index in [1.54, 1.807) is 6.08 Å². The lowest BCUT2D eigenvalue weighted by Crippen LogP contribution is -2.41. The Labute approximate surface area is 156 Å². The van der Waals surface area contributed by atoms with E-state index in [1.165, 1.54) is 16.8 Å². The second-order valence-electron chi connectivity index (χ2n) is 7.95. The van der Waals surface area contributed by atoms with Crippen molar-refractivity contribution >= 4 is 17.7 Å². The van der Waals surface area contributed by atoms with Gasteiger partial charge in [0.25, 0.3) is 0 Å². The van der Waals surface area contributed by atoms with E-state index in [0.717, 1.165) is 30.2 Å². The fourth-order valence-corrected chi connectivity index (χ4v) is 3.65. The predicted octanol–water partition coefficient (Wildman–Crippen LogP) is 5.35. The van der Waals surface area contributed by atoms with Crippen LogP contribution in [0.3, 0.4) is 0 Å². The minimum atomic E-state index is -0.930. The van der Waals surface area contributed by atoms with Crippen molar-refractivity contribution in [2.24, 2.45) is 0 Å². The smallest absolute Gasteiger partial charge is 0.328 e. The first kappa shape index (κ1) is 18.2. The van der Waals surface area contributed by atoms with Gasteiger partial charge in [0.1, 0.15) is 0 Å². The summed E-state index contributed by atoms with van der Waals surface area (Å²) >= 11 is 0. The van der Waals surface area contributed by atoms with E-state index >= 15 is 0 Å². The molecule has 0 atom stereocenters. The van der Waals surface area contributed by atoms with Crippen molar-refractivity contribution in [1.29, 1.82) is 0 Å². The molecule has 1 aliphatic rings. The second-order valence-corrected chi connectivity index (χ2v) is 7.95. The van der Waals surface area contributed by atoms with Gasteiger partial charge in [-0.3, -0.25) is 0 Å². The monoisotopic (exact) mass is 349 g/mol. The lowest BCUT2D eigenvalue weighted by atomic mass is 9.76. The van der Waals surface area contributed by atoms with Crippen molar-refractivity contribution in [3.05, 3.63) is 59.7 Å². The van der Waals surface area contributed by atoms with Crippen LogP contribution < -0.4 is 4.90 Å². The van der Waals surface area contributed by atoms with Crippen LogP contribution in [0.1, 0.15) is 45.2 Å². The Hall–Kier alpha value is -2.55. The molecule has 1 heterocycles. The van der Waals surface area contributed by atoms with Crippen molar-refractivity contribution in [2.45, 2.75) is 45.6 Å². The molecule has 26 heavy (non-hydrogen) atoms. The van der Waals surface area contributed by atoms with Gasteiger partial charge in [0.2, 0.25) is 0 Å². The number of carboxylic acids is 1. The molecule has 0 bridgehead atoms. The van der Waals surface area contributed by atoms with Crippen LogP contribution in [0.4, 0.5) is 5.69 Å². The summed E-state index contributed by atoms with van der Waals surface area (Å²) in [4.78, 5) is 13.1. The van der Waals surface area contributed by atoms with Gasteiger partial charge >= 0.3 is 5.97 Å². The maximum atomic E-state index is 10.6. The zero-order valence-electron chi connectivity index (χ0n) is 16.0. The number of carbonyl (C=O) groups is 1. The van der Waals surface area contributed by atoms with E-state index in [0.29, 0.717) is 6.04 Å². The second kappa shape index (κ2) is 6.99. The van der Waals surface area contributed by atoms with Crippen LogP contribution in [0.2, 0.25) is 0 Å². The van der Waals surface area contributed by atoms with Crippen LogP contribution in [0.25, 0.3) is 17.2 Å². The third-order valence-corrected chi connectivity index (χ3v) is 5.30. The van der Waals surface area contributed by atoms with Gasteiger partial charge in [-0.1, -0.05) is 44.2 Å². The minimum Gasteiger partial charge on any atom is -0.478 e. The average molecular weight is 349 g/mol. The summed E-state index contributed by atoms with van der Waals surface area (Å²) < 4.78 is 0. The molecule has 0 spiro atoms. The van der Waals surface area contributed by atoms with E-state index in [-0.39, 0.29) is 5.41 Å². The van der Waals surface area contributed by atoms with Crippen LogP contribution in [0.15, 0.2) is 48.5 Å². The molecule has 0 amide bonds. The Morgan fingerprint density at radius 3 is 2.38 bits per heavy atom. The molecule has 2 aromatic carbocycles. The van der Waals surface area contributed by atoms with Crippen molar-refractivity contribution in [1.82, 2.24) is 0 Å². The number of rotatable bonds is 4. The number of benzene rings is 2. The summed E-state index contributed by atoms with van der Waals surface area (Å²) in [5.74, 6) is -0.930. The average Bonchev–Trinajstić information content (AvgIpc) is 2.60. The lowest BCUT2D eigenvalue weighted by Gasteiger charge is -2.42. The highest BCUT2D eigenvalue weighted by atomic mass is 16.4. The highest BCUT2D eigenvalue weighted by molar-refractivity contribution is 5.85. The van der Waals surface area contributed by atoms with Crippen LogP contribution in [0, 0.1) is 0 Å². The maximum Gasteiger partial charge on any atom is 0.328 e. The standard InChI is InChI=1S/C23H27NO2/c1-16(2)24-14-13-23(3,4)20-15-19(10-11-21(20)24)18-8-5-17(6-9-18)7-12-22(25)26/h5-12,15-16H,13-14H2,1-4H3,(H,25,26)/b12-7+. The van der Waals surface area contributed by atoms with Crippen LogP contribution in [0.5, 0.6) is 0 Å². The largest absolute Gasteiger partial charge is 0.478 e. The molecule has 0 unspecified atom stereocenters. The first-order valence-corrected chi connectivity index (χ1v) is 9.20. The summed E-state index contributed by atoms with van der Waals surface area (Å²) in [7, 11) is 0. The topological polar surface area (TPSA) is 40.5 Å². The Morgan fingerprint density at radius 1 is 1.12 bits per heavy atom. The van der Waals surface area contributed by atoms with Crippen molar-refractivity contribution < 1.29 is 9.90 Å². The molecule has 0 fully saturated rings. The van der Waals surface area contributed by atoms with E-state index in [4.69, 9.17) is 5.11 Å². The highest BCUT2D eigenvalue weighted by Crippen LogP contribution is 2.42. The molecular weight excluding hydrogens is 322 g/mol. The summed E-state index contributed by atoms with van der Waals surface area (Å²) in [6.45, 7) is 10.3. The van der Waals surface area contributed by atoms with E-state index in [1.807, 2.05) is 12.1 Å². The molecular formula is C23H27NO2. The maximum absolute atomic E-state index is 10.6. The predicted molar refractivity (Wildman–Crippen MR) is 109 cm³/mol. The first-order valence-electron chi connectivity index (χ1n) is 9.20. The summed E-state index contributed by atoms with van der Waals surface area (Å²) in [5.41, 5.74) is 6.17. The normalized spacial score (nSPS) is 16.1. The van der Waals surface area contributed by atoms with Gasteiger partial charge in [0, 0.05) is 24.4 Å². The molecule has 1 aliphatic heterocycles. The molecule has 0 radical (unpaired) electrons. The summed E-state index contributed by atoms with van der Waals surface area (Å²) in [6.07, 6.45) is 3.93. The Balaban J connectivity index is 1.96. The minimum absolute atomic E-state index is 0.168. The third kappa shape index (κ3) is 3.67. The van der Waals surface area contributed by atoms with Gasteiger partial charge in [-0.2, -0.15) is 0 Å². The Bertz CT molecular complexity index is 832. The number of carboxylic acid groups (broad SMARTS) is 1. The Kier molecular flexibility index (Phi) is 4.90. The van der Waals surface area contributed by atoms with Gasteiger partial charge in [-0.05, 0) is 66.1 Å². The van der Waals surface area contributed by atoms with Crippen molar-refractivity contribution in [2.75, 3.05) is 11.4 Å². The number of fused-ring (bicyclic) bond motifs is 1. The van der Waals surface area contributed by atoms with Crippen molar-refractivity contribution in [3.63, 3.8) is 0 Å². The fourth-order valence-electron chi connectivity index (χ4n) is 3.65. The molecule has 1 N–H and O–H groups in total. The van der Waals surface area contributed by atoms with Crippen LogP contribution in [-0.4, -0.2) is 23.7 Å². The lowest BCUT2D eigenvalue weighted by molar-refractivity contribution is -0.131. The van der Waals surface area contributed by atoms with Gasteiger partial charge in [0.15, 0.2) is 0 Å². The first-order chi connectivity index (χ1) is 12.3. The zero-order chi connectivity index (χ0) is 18.9. The molecule has 3 nitrogen and oxygen atoms in total. The van der Waals surface area contributed by atoms with Crippen molar-refractivity contribution in [3.8, 4) is 11.1 Å². The summed E-state index contributed by atoms with van der Waals surface area (Å²) in [6, 6.07) is 15.3. The summed E-state index contributed by atoms with van der Waals surface area (Å²) in [5, 5.41) is 8.74. The zero-order valence-corrected chi connectivity index (χ0v) is 16.0. The third-order valence-electron chi connectivity index (χ3n) is 5.30. The highest BCUT2D eigenvalue weighted by Gasteiger charge is 2.32. The number of hydrogen-bond acceptors (Lipinski definition) is 2. The van der Waals surface area contributed by atoms with E-state index < -0.39 is 5.97 Å². The Morgan fingerprint density at radius 2 is 1.77 bits per heavy atom. The van der Waals surface area contributed by atoms with Gasteiger partial charge in [-0.15, -0.1) is 0 Å². The van der Waals surface area contributed by atoms with E-state index in [9.17, 15) is 4.79 Å². The van der Waals surface area contributed by atoms with E-state index in [2.05, 4.69) is 62.9 Å². The molecule has 0 saturated heterocycles. The number of hydrogen-bond donors (Lipinski definition) is 1. The van der Waals surface area contributed by atoms with Gasteiger partial charge in [0.05, 0.1) is 0 Å². The van der Waals surface area contributed by atoms with Gasteiger partial charge in [-0.25, -0.2) is 4.79 Å². The van der Waals surface area contributed by atoms with Gasteiger partial charge < -0.3 is 10.0 Å².